The van der Waals surface area contributed by atoms with E-state index in [1.807, 2.05) is 60.7 Å². The van der Waals surface area contributed by atoms with E-state index in [2.05, 4.69) is 45.9 Å². The molecule has 4 aromatic rings. The predicted octanol–water partition coefficient (Wildman–Crippen LogP) is 7.95. The molecule has 4 heteroatoms. The summed E-state index contributed by atoms with van der Waals surface area (Å²) in [5.41, 5.74) is 6.30. The second kappa shape index (κ2) is 9.85. The van der Waals surface area contributed by atoms with Crippen LogP contribution in [0.15, 0.2) is 78.9 Å². The number of hydrogen-bond donors (Lipinski definition) is 0. The SMILES string of the molecule is Cc1cc(-c2cc(C)c(Oc3ccccc3)c(C)c2OCC2CO2)cc(C)c1Oc1ccccc1. The van der Waals surface area contributed by atoms with Gasteiger partial charge in [-0.05, 0) is 92.4 Å². The Morgan fingerprint density at radius 1 is 0.686 bits per heavy atom. The predicted molar refractivity (Wildman–Crippen MR) is 139 cm³/mol. The lowest BCUT2D eigenvalue weighted by molar-refractivity contribution is 0.261. The maximum atomic E-state index is 6.35. The molecule has 0 radical (unpaired) electrons. The topological polar surface area (TPSA) is 40.2 Å². The average Bonchev–Trinajstić information content (AvgIpc) is 3.69. The minimum absolute atomic E-state index is 0.159. The van der Waals surface area contributed by atoms with Crippen LogP contribution in [-0.4, -0.2) is 19.3 Å². The van der Waals surface area contributed by atoms with Crippen molar-refractivity contribution >= 4 is 0 Å². The minimum Gasteiger partial charge on any atom is -0.490 e. The van der Waals surface area contributed by atoms with E-state index in [0.717, 1.165) is 68.7 Å². The summed E-state index contributed by atoms with van der Waals surface area (Å²) in [6, 6.07) is 26.2. The zero-order valence-electron chi connectivity index (χ0n) is 20.6. The molecule has 0 aliphatic carbocycles. The van der Waals surface area contributed by atoms with Crippen molar-refractivity contribution in [2.75, 3.05) is 13.2 Å². The monoisotopic (exact) mass is 466 g/mol. The Labute approximate surface area is 207 Å². The maximum Gasteiger partial charge on any atom is 0.136 e. The van der Waals surface area contributed by atoms with Gasteiger partial charge in [0.1, 0.15) is 41.5 Å². The highest BCUT2D eigenvalue weighted by Crippen LogP contribution is 2.44. The number of benzene rings is 4. The summed E-state index contributed by atoms with van der Waals surface area (Å²) in [6.07, 6.45) is 0.159. The van der Waals surface area contributed by atoms with E-state index in [1.54, 1.807) is 0 Å². The smallest absolute Gasteiger partial charge is 0.136 e. The highest BCUT2D eigenvalue weighted by atomic mass is 16.6. The summed E-state index contributed by atoms with van der Waals surface area (Å²) < 4.78 is 24.3. The second-order valence-corrected chi connectivity index (χ2v) is 9.06. The summed E-state index contributed by atoms with van der Waals surface area (Å²) in [5.74, 6) is 4.16. The Morgan fingerprint density at radius 3 is 1.74 bits per heavy atom. The normalized spacial score (nSPS) is 14.5. The van der Waals surface area contributed by atoms with Gasteiger partial charge in [0, 0.05) is 11.1 Å². The van der Waals surface area contributed by atoms with Crippen molar-refractivity contribution in [3.05, 3.63) is 101 Å². The molecule has 4 nitrogen and oxygen atoms in total. The number of aryl methyl sites for hydroxylation is 3. The van der Waals surface area contributed by atoms with Gasteiger partial charge in [0.25, 0.3) is 0 Å². The second-order valence-electron chi connectivity index (χ2n) is 9.06. The van der Waals surface area contributed by atoms with Crippen molar-refractivity contribution in [3.8, 4) is 39.9 Å². The Balaban J connectivity index is 1.55. The molecule has 4 aromatic carbocycles. The van der Waals surface area contributed by atoms with Crippen LogP contribution in [0, 0.1) is 27.7 Å². The highest BCUT2D eigenvalue weighted by molar-refractivity contribution is 5.77. The highest BCUT2D eigenvalue weighted by Gasteiger charge is 2.26. The fourth-order valence-electron chi connectivity index (χ4n) is 4.33. The summed E-state index contributed by atoms with van der Waals surface area (Å²) in [7, 11) is 0. The molecule has 1 unspecified atom stereocenters. The number of rotatable bonds is 8. The standard InChI is InChI=1S/C31H30O4/c1-20-15-24(16-21(2)29(20)34-25-11-7-5-8-12-25)28-17-22(3)30(35-26-13-9-6-10-14-26)23(4)31(28)33-19-27-18-32-27/h5-17,27H,18-19H2,1-4H3. The van der Waals surface area contributed by atoms with Gasteiger partial charge < -0.3 is 18.9 Å². The van der Waals surface area contributed by atoms with Crippen molar-refractivity contribution in [1.82, 2.24) is 0 Å². The number of hydrogen-bond acceptors (Lipinski definition) is 4. The van der Waals surface area contributed by atoms with Gasteiger partial charge in [-0.15, -0.1) is 0 Å². The first-order valence-electron chi connectivity index (χ1n) is 12.0. The Bertz CT molecular complexity index is 1300. The van der Waals surface area contributed by atoms with Crippen LogP contribution < -0.4 is 14.2 Å². The fraction of sp³-hybridized carbons (Fsp3) is 0.226. The first-order chi connectivity index (χ1) is 17.0. The molecule has 1 saturated heterocycles. The van der Waals surface area contributed by atoms with Crippen LogP contribution in [0.4, 0.5) is 0 Å². The number of ether oxygens (including phenoxy) is 4. The zero-order valence-corrected chi connectivity index (χ0v) is 20.6. The van der Waals surface area contributed by atoms with Gasteiger partial charge in [0.15, 0.2) is 0 Å². The van der Waals surface area contributed by atoms with Crippen LogP contribution in [0.25, 0.3) is 11.1 Å². The van der Waals surface area contributed by atoms with E-state index >= 15 is 0 Å². The molecule has 0 bridgehead atoms. The van der Waals surface area contributed by atoms with Crippen LogP contribution in [0.1, 0.15) is 22.3 Å². The molecule has 0 saturated carbocycles. The average molecular weight is 467 g/mol. The molecule has 0 spiro atoms. The third-order valence-corrected chi connectivity index (χ3v) is 6.16. The van der Waals surface area contributed by atoms with E-state index in [4.69, 9.17) is 18.9 Å². The zero-order chi connectivity index (χ0) is 24.4. The number of para-hydroxylation sites is 2. The lowest BCUT2D eigenvalue weighted by Gasteiger charge is -2.21. The lowest BCUT2D eigenvalue weighted by atomic mass is 9.95. The molecule has 1 atom stereocenters. The van der Waals surface area contributed by atoms with Crippen LogP contribution >= 0.6 is 0 Å². The first kappa shape index (κ1) is 23.0. The van der Waals surface area contributed by atoms with Gasteiger partial charge in [-0.1, -0.05) is 36.4 Å². The van der Waals surface area contributed by atoms with Crippen LogP contribution in [0.5, 0.6) is 28.7 Å². The molecule has 1 heterocycles. The molecule has 0 N–H and O–H groups in total. The van der Waals surface area contributed by atoms with E-state index in [-0.39, 0.29) is 6.10 Å². The van der Waals surface area contributed by atoms with Crippen LogP contribution in [0.2, 0.25) is 0 Å². The van der Waals surface area contributed by atoms with Gasteiger partial charge in [0.2, 0.25) is 0 Å². The molecule has 5 rings (SSSR count). The molecular weight excluding hydrogens is 436 g/mol. The molecule has 178 valence electrons. The van der Waals surface area contributed by atoms with Crippen molar-refractivity contribution in [3.63, 3.8) is 0 Å². The van der Waals surface area contributed by atoms with Crippen molar-refractivity contribution in [2.24, 2.45) is 0 Å². The van der Waals surface area contributed by atoms with Gasteiger partial charge in [0.05, 0.1) is 6.61 Å². The molecule has 35 heavy (non-hydrogen) atoms. The third kappa shape index (κ3) is 5.18. The quantitative estimate of drug-likeness (QED) is 0.247. The van der Waals surface area contributed by atoms with E-state index in [0.29, 0.717) is 6.61 Å². The maximum absolute atomic E-state index is 6.35. The van der Waals surface area contributed by atoms with Gasteiger partial charge >= 0.3 is 0 Å². The third-order valence-electron chi connectivity index (χ3n) is 6.16. The van der Waals surface area contributed by atoms with Crippen molar-refractivity contribution < 1.29 is 18.9 Å². The Kier molecular flexibility index (Phi) is 6.47. The summed E-state index contributed by atoms with van der Waals surface area (Å²) in [6.45, 7) is 9.58. The lowest BCUT2D eigenvalue weighted by Crippen LogP contribution is -2.07. The molecule has 0 amide bonds. The van der Waals surface area contributed by atoms with Crippen LogP contribution in [-0.2, 0) is 4.74 Å². The Morgan fingerprint density at radius 2 is 1.20 bits per heavy atom. The summed E-state index contributed by atoms with van der Waals surface area (Å²) in [4.78, 5) is 0. The molecule has 1 aliphatic heterocycles. The van der Waals surface area contributed by atoms with E-state index in [9.17, 15) is 0 Å². The van der Waals surface area contributed by atoms with Crippen molar-refractivity contribution in [1.29, 1.82) is 0 Å². The molecule has 1 aliphatic rings. The largest absolute Gasteiger partial charge is 0.490 e. The van der Waals surface area contributed by atoms with Gasteiger partial charge in [-0.25, -0.2) is 0 Å². The number of epoxide rings is 1. The minimum atomic E-state index is 0.159. The van der Waals surface area contributed by atoms with E-state index in [1.165, 1.54) is 0 Å². The summed E-state index contributed by atoms with van der Waals surface area (Å²) in [5, 5.41) is 0. The molecule has 1 fully saturated rings. The first-order valence-corrected chi connectivity index (χ1v) is 12.0. The van der Waals surface area contributed by atoms with Crippen LogP contribution in [0.3, 0.4) is 0 Å². The Hall–Kier alpha value is -3.76. The van der Waals surface area contributed by atoms with Gasteiger partial charge in [-0.2, -0.15) is 0 Å². The molecular formula is C31H30O4. The van der Waals surface area contributed by atoms with Gasteiger partial charge in [-0.3, -0.25) is 0 Å². The summed E-state index contributed by atoms with van der Waals surface area (Å²) >= 11 is 0. The molecule has 0 aromatic heterocycles. The fourth-order valence-corrected chi connectivity index (χ4v) is 4.33. The van der Waals surface area contributed by atoms with Crippen molar-refractivity contribution in [2.45, 2.75) is 33.8 Å². The van der Waals surface area contributed by atoms with E-state index < -0.39 is 0 Å².